The van der Waals surface area contributed by atoms with E-state index in [1.165, 1.54) is 0 Å². The Kier molecular flexibility index (Phi) is 4.85. The largest absolute Gasteiger partial charge is 0.394 e. The molecule has 3 unspecified atom stereocenters. The van der Waals surface area contributed by atoms with Crippen LogP contribution >= 0.6 is 23.5 Å². The second-order valence-electron chi connectivity index (χ2n) is 2.84. The van der Waals surface area contributed by atoms with Gasteiger partial charge in [0.25, 0.3) is 0 Å². The second kappa shape index (κ2) is 5.43. The fourth-order valence-electron chi connectivity index (χ4n) is 1.07. The van der Waals surface area contributed by atoms with Crippen molar-refractivity contribution in [1.82, 2.24) is 0 Å². The molecule has 0 aliphatic carbocycles. The first-order valence-electron chi connectivity index (χ1n) is 4.05. The maximum atomic E-state index is 9.56. The minimum Gasteiger partial charge on any atom is -0.394 e. The average Bonchev–Trinajstić information content (AvgIpc) is 2.67. The number of aliphatic hydroxyl groups excluding tert-OH is 4. The molecule has 0 radical (unpaired) electrons. The highest BCUT2D eigenvalue weighted by Gasteiger charge is 2.33. The fourth-order valence-corrected chi connectivity index (χ4v) is 3.98. The van der Waals surface area contributed by atoms with Crippen LogP contribution in [0.15, 0.2) is 0 Å². The average molecular weight is 226 g/mol. The summed E-state index contributed by atoms with van der Waals surface area (Å²) in [6.45, 7) is -0.527. The van der Waals surface area contributed by atoms with Gasteiger partial charge in [-0.15, -0.1) is 23.5 Å². The normalized spacial score (nSPS) is 25.8. The molecule has 0 bridgehead atoms. The minimum absolute atomic E-state index is 0.0869. The molecule has 6 heteroatoms. The molecule has 1 aliphatic rings. The van der Waals surface area contributed by atoms with Crippen molar-refractivity contribution < 1.29 is 20.4 Å². The third-order valence-corrected chi connectivity index (χ3v) is 5.03. The van der Waals surface area contributed by atoms with Crippen molar-refractivity contribution in [2.75, 3.05) is 18.1 Å². The highest BCUT2D eigenvalue weighted by atomic mass is 32.2. The van der Waals surface area contributed by atoms with Crippen molar-refractivity contribution in [2.45, 2.75) is 22.9 Å². The van der Waals surface area contributed by atoms with Crippen molar-refractivity contribution in [3.8, 4) is 0 Å². The molecule has 13 heavy (non-hydrogen) atoms. The van der Waals surface area contributed by atoms with Gasteiger partial charge in [-0.1, -0.05) is 0 Å². The van der Waals surface area contributed by atoms with Gasteiger partial charge in [0, 0.05) is 11.5 Å². The zero-order valence-corrected chi connectivity index (χ0v) is 8.67. The van der Waals surface area contributed by atoms with E-state index in [2.05, 4.69) is 0 Å². The molecule has 0 amide bonds. The quantitative estimate of drug-likeness (QED) is 0.485. The first-order chi connectivity index (χ1) is 6.16. The minimum atomic E-state index is -1.26. The van der Waals surface area contributed by atoms with Gasteiger partial charge in [-0.25, -0.2) is 0 Å². The van der Waals surface area contributed by atoms with E-state index in [0.717, 1.165) is 11.5 Å². The zero-order chi connectivity index (χ0) is 9.84. The number of rotatable bonds is 4. The monoisotopic (exact) mass is 226 g/mol. The van der Waals surface area contributed by atoms with E-state index >= 15 is 0 Å². The van der Waals surface area contributed by atoms with Crippen LogP contribution in [-0.2, 0) is 0 Å². The Morgan fingerprint density at radius 2 is 1.69 bits per heavy atom. The third-order valence-electron chi connectivity index (χ3n) is 1.86. The summed E-state index contributed by atoms with van der Waals surface area (Å²) in [5, 5.41) is 36.6. The smallest absolute Gasteiger partial charge is 0.110 e. The molecule has 1 rings (SSSR count). The van der Waals surface area contributed by atoms with E-state index < -0.39 is 24.9 Å². The molecular weight excluding hydrogens is 212 g/mol. The molecule has 0 spiro atoms. The maximum Gasteiger partial charge on any atom is 0.110 e. The maximum absolute atomic E-state index is 9.56. The van der Waals surface area contributed by atoms with Crippen LogP contribution < -0.4 is 0 Å². The highest BCUT2D eigenvalue weighted by Crippen LogP contribution is 2.35. The summed E-state index contributed by atoms with van der Waals surface area (Å²) in [4.78, 5) is 0. The molecule has 0 saturated carbocycles. The van der Waals surface area contributed by atoms with Crippen molar-refractivity contribution in [1.29, 1.82) is 0 Å². The Bertz CT molecular complexity index is 151. The van der Waals surface area contributed by atoms with Gasteiger partial charge >= 0.3 is 0 Å². The number of hydrogen-bond acceptors (Lipinski definition) is 6. The van der Waals surface area contributed by atoms with E-state index in [1.54, 1.807) is 23.5 Å². The van der Waals surface area contributed by atoms with Gasteiger partial charge < -0.3 is 20.4 Å². The molecule has 0 aromatic heterocycles. The van der Waals surface area contributed by atoms with E-state index in [9.17, 15) is 10.2 Å². The van der Waals surface area contributed by atoms with Crippen LogP contribution in [0.3, 0.4) is 0 Å². The molecule has 0 aromatic carbocycles. The van der Waals surface area contributed by atoms with Gasteiger partial charge in [-0.05, 0) is 0 Å². The molecule has 4 N–H and O–H groups in total. The summed E-state index contributed by atoms with van der Waals surface area (Å²) < 4.78 is -0.0869. The lowest BCUT2D eigenvalue weighted by molar-refractivity contribution is -0.0705. The van der Waals surface area contributed by atoms with E-state index in [1.807, 2.05) is 0 Å². The lowest BCUT2D eigenvalue weighted by Gasteiger charge is -2.24. The van der Waals surface area contributed by atoms with E-state index in [-0.39, 0.29) is 4.58 Å². The lowest BCUT2D eigenvalue weighted by Crippen LogP contribution is -2.43. The van der Waals surface area contributed by atoms with Crippen LogP contribution in [0, 0.1) is 0 Å². The van der Waals surface area contributed by atoms with Crippen LogP contribution in [0.5, 0.6) is 0 Å². The summed E-state index contributed by atoms with van der Waals surface area (Å²) in [6.07, 6.45) is -3.48. The Balaban J connectivity index is 2.40. The lowest BCUT2D eigenvalue weighted by atomic mass is 10.1. The van der Waals surface area contributed by atoms with Gasteiger partial charge in [0.05, 0.1) is 11.2 Å². The molecule has 78 valence electrons. The fraction of sp³-hybridized carbons (Fsp3) is 1.00. The summed E-state index contributed by atoms with van der Waals surface area (Å²) in [5.74, 6) is 1.91. The summed E-state index contributed by atoms with van der Waals surface area (Å²) in [6, 6.07) is 0. The molecule has 1 aliphatic heterocycles. The summed E-state index contributed by atoms with van der Waals surface area (Å²) >= 11 is 3.13. The van der Waals surface area contributed by atoms with Gasteiger partial charge in [0.1, 0.15) is 18.3 Å². The molecule has 3 atom stereocenters. The summed E-state index contributed by atoms with van der Waals surface area (Å²) in [7, 11) is 0. The second-order valence-corrected chi connectivity index (χ2v) is 5.64. The van der Waals surface area contributed by atoms with Crippen molar-refractivity contribution >= 4 is 23.5 Å². The molecule has 4 nitrogen and oxygen atoms in total. The molecular formula is C7H14O4S2. The first-order valence-corrected chi connectivity index (χ1v) is 6.15. The van der Waals surface area contributed by atoms with Gasteiger partial charge in [-0.3, -0.25) is 0 Å². The highest BCUT2D eigenvalue weighted by molar-refractivity contribution is 8.20. The standard InChI is InChI=1S/C7H14O4S2/c8-3-4(9)5(10)6(11)7-12-1-2-13-7/h4-11H,1-3H2. The first kappa shape index (κ1) is 11.6. The zero-order valence-electron chi connectivity index (χ0n) is 7.04. The van der Waals surface area contributed by atoms with Gasteiger partial charge in [-0.2, -0.15) is 0 Å². The number of hydrogen-bond donors (Lipinski definition) is 4. The summed E-state index contributed by atoms with van der Waals surface area (Å²) in [5.41, 5.74) is 0. The molecule has 1 saturated heterocycles. The van der Waals surface area contributed by atoms with E-state index in [0.29, 0.717) is 0 Å². The van der Waals surface area contributed by atoms with Crippen LogP contribution in [0.25, 0.3) is 0 Å². The Labute approximate surface area is 85.3 Å². The van der Waals surface area contributed by atoms with Crippen LogP contribution in [0.2, 0.25) is 0 Å². The molecule has 0 aromatic rings. The van der Waals surface area contributed by atoms with Crippen LogP contribution in [0.4, 0.5) is 0 Å². The van der Waals surface area contributed by atoms with Gasteiger partial charge in [0.2, 0.25) is 0 Å². The Morgan fingerprint density at radius 3 is 2.15 bits per heavy atom. The number of thioether (sulfide) groups is 2. The predicted octanol–water partition coefficient (Wildman–Crippen LogP) is -1.13. The molecule has 1 fully saturated rings. The third kappa shape index (κ3) is 3.00. The Hall–Kier alpha value is 0.540. The topological polar surface area (TPSA) is 80.9 Å². The van der Waals surface area contributed by atoms with Gasteiger partial charge in [0.15, 0.2) is 0 Å². The predicted molar refractivity (Wildman–Crippen MR) is 53.8 cm³/mol. The van der Waals surface area contributed by atoms with E-state index in [4.69, 9.17) is 10.2 Å². The van der Waals surface area contributed by atoms with Crippen molar-refractivity contribution in [2.24, 2.45) is 0 Å². The van der Waals surface area contributed by atoms with Crippen LogP contribution in [0.1, 0.15) is 0 Å². The van der Waals surface area contributed by atoms with Crippen molar-refractivity contribution in [3.63, 3.8) is 0 Å². The molecule has 1 heterocycles. The SMILES string of the molecule is OCC(O)C(O)C(O)C1SCCS1. The Morgan fingerprint density at radius 1 is 1.15 bits per heavy atom. The van der Waals surface area contributed by atoms with Crippen molar-refractivity contribution in [3.05, 3.63) is 0 Å². The number of aliphatic hydroxyl groups is 4. The van der Waals surface area contributed by atoms with Crippen LogP contribution in [-0.4, -0.2) is 61.4 Å².